The van der Waals surface area contributed by atoms with Crippen molar-refractivity contribution in [1.29, 1.82) is 0 Å². The van der Waals surface area contributed by atoms with Crippen molar-refractivity contribution < 1.29 is 96.8 Å². The molecule has 0 aliphatic heterocycles. The highest BCUT2D eigenvalue weighted by Gasteiger charge is 2.39. The van der Waals surface area contributed by atoms with E-state index in [-0.39, 0.29) is 113 Å². The molecule has 14 atom stereocenters. The van der Waals surface area contributed by atoms with Crippen LogP contribution in [0.1, 0.15) is 130 Å². The Balaban J connectivity index is 2.34. The maximum absolute atomic E-state index is 14.5. The summed E-state index contributed by atoms with van der Waals surface area (Å²) >= 11 is 8.32. The second kappa shape index (κ2) is 55.4. The second-order valence-corrected chi connectivity index (χ2v) is 28.7. The average molecular weight is 1710 g/mol. The number of carboxylic acid groups (broad SMARTS) is 1. The molecule has 0 spiro atoms. The molecule has 1 aliphatic rings. The number of aliphatic imine (C=N–C) groups is 3. The molecule has 660 valence electrons. The number of carbonyl (C=O) groups is 17. The largest absolute Gasteiger partial charge is 0.481 e. The van der Waals surface area contributed by atoms with Gasteiger partial charge in [0.05, 0.1) is 45.3 Å². The van der Waals surface area contributed by atoms with Crippen LogP contribution >= 0.6 is 25.3 Å². The van der Waals surface area contributed by atoms with Gasteiger partial charge in [-0.15, -0.1) is 0 Å². The van der Waals surface area contributed by atoms with Crippen LogP contribution in [0.2, 0.25) is 0 Å². The minimum absolute atomic E-state index is 0.0228. The van der Waals surface area contributed by atoms with Gasteiger partial charge in [-0.3, -0.25) is 96.5 Å². The van der Waals surface area contributed by atoms with E-state index in [2.05, 4.69) is 120 Å². The number of rotatable bonds is 55. The molecule has 0 saturated heterocycles. The summed E-state index contributed by atoms with van der Waals surface area (Å²) in [5, 5.41) is 65.4. The van der Waals surface area contributed by atoms with Gasteiger partial charge < -0.3 is 135 Å². The minimum atomic E-state index is -1.99. The third kappa shape index (κ3) is 39.6. The summed E-state index contributed by atoms with van der Waals surface area (Å²) < 4.78 is 0. The maximum Gasteiger partial charge on any atom is 0.305 e. The van der Waals surface area contributed by atoms with E-state index in [1.54, 1.807) is 51.1 Å². The molecule has 47 heteroatoms. The van der Waals surface area contributed by atoms with Crippen LogP contribution in [0.3, 0.4) is 0 Å². The molecule has 0 heterocycles. The predicted octanol–water partition coefficient (Wildman–Crippen LogP) is -10.2. The van der Waals surface area contributed by atoms with Crippen LogP contribution in [0.5, 0.6) is 0 Å². The van der Waals surface area contributed by atoms with E-state index in [1.165, 1.54) is 13.8 Å². The molecule has 1 aromatic carbocycles. The molecule has 118 heavy (non-hydrogen) atoms. The van der Waals surface area contributed by atoms with Gasteiger partial charge in [-0.25, -0.2) is 0 Å². The lowest BCUT2D eigenvalue weighted by molar-refractivity contribution is -0.142. The van der Waals surface area contributed by atoms with Gasteiger partial charge in [-0.1, -0.05) is 90.1 Å². The number of nitrogens with zero attached hydrogens (tertiary/aromatic N) is 3. The number of aliphatic hydroxyl groups excluding tert-OH is 2. The molecule has 0 radical (unpaired) electrons. The van der Waals surface area contributed by atoms with Gasteiger partial charge in [0.1, 0.15) is 66.5 Å². The van der Waals surface area contributed by atoms with Crippen molar-refractivity contribution in [3.05, 3.63) is 35.9 Å². The Morgan fingerprint density at radius 3 is 1.31 bits per heavy atom. The predicted molar refractivity (Wildman–Crippen MR) is 437 cm³/mol. The molecule has 45 nitrogen and oxygen atoms in total. The van der Waals surface area contributed by atoms with E-state index in [1.807, 2.05) is 0 Å². The van der Waals surface area contributed by atoms with Crippen molar-refractivity contribution in [2.75, 3.05) is 64.0 Å². The van der Waals surface area contributed by atoms with Crippen LogP contribution in [-0.4, -0.2) is 276 Å². The average Bonchev–Trinajstić information content (AvgIpc) is 0.829. The first-order valence-corrected chi connectivity index (χ1v) is 39.7. The Hall–Kier alpha value is -11.2. The third-order valence-corrected chi connectivity index (χ3v) is 19.2. The number of hydrogen-bond donors (Lipinski definition) is 27. The van der Waals surface area contributed by atoms with E-state index in [0.29, 0.717) is 18.4 Å². The molecule has 2 rings (SSSR count). The number of Topliss-reactive ketones (excluding diaryl/α,β-unsaturated/α-hetero) is 1. The molecule has 0 unspecified atom stereocenters. The van der Waals surface area contributed by atoms with Crippen molar-refractivity contribution >= 4 is 143 Å². The number of nitrogens with one attached hydrogen (secondary N) is 15. The molecular formula is C71H119N25O20S2. The first-order valence-electron chi connectivity index (χ1n) is 38.4. The quantitative estimate of drug-likeness (QED) is 0.00947. The van der Waals surface area contributed by atoms with Crippen LogP contribution in [-0.2, 0) is 87.9 Å². The summed E-state index contributed by atoms with van der Waals surface area (Å²) in [6, 6.07) is -10.2. The zero-order valence-electron chi connectivity index (χ0n) is 66.8. The monoisotopic (exact) mass is 1710 g/mol. The number of amides is 15. The maximum atomic E-state index is 14.5. The number of carbonyl (C=O) groups excluding carboxylic acids is 16. The fraction of sp³-hybridized carbons (Fsp3) is 0.634. The van der Waals surface area contributed by atoms with Crippen molar-refractivity contribution in [2.24, 2.45) is 66.9 Å². The Bertz CT molecular complexity index is 3640. The number of ketones is 1. The van der Waals surface area contributed by atoms with Crippen LogP contribution in [0.25, 0.3) is 0 Å². The lowest BCUT2D eigenvalue weighted by Crippen LogP contribution is -2.61. The Morgan fingerprint density at radius 1 is 0.441 bits per heavy atom. The van der Waals surface area contributed by atoms with Crippen LogP contribution < -0.4 is 120 Å². The number of aliphatic hydroxyl groups is 2. The number of guanidine groups is 3. The Labute approximate surface area is 693 Å². The molecule has 0 aromatic heterocycles. The standard InChI is InChI=1S/C71H119N25O20S2/c1-6-36(3)54(95-61(109)43(22-15-25-80-70(75)76)87-51(100)30-82-50(99)29-83-59(107)45(27-39-17-10-8-11-18-39)88-52(101)31-84-60(108)48(34-117)93-64(112)47(33-98)92-58(106)41(72)32-97)66(114)91-46(28-53(102)103)63(111)90-44(23-16-26-81-71(77)78)62(110)96-55(37(4)7-2)67(115)94-49(35-118)65(113)85-38(5)57(105)89-42(21-14-24-79-69(73)74)56(104)68(116)86-40-19-12-9-13-20-40/h8,10-11,17-18,36-38,40-49,54-55,97-98,117-118H,6-7,9,12-16,19-35,72H2,1-5H3,(H,82,99)(H,83,107)(H,84,108)(H,85,113)(H,86,116)(H,87,100)(H,88,101)(H,89,105)(H,90,111)(H,91,114)(H,92,106)(H,93,112)(H,94,115)(H,95,109)(H,96,110)(H,102,103)(H4,73,74,79)(H4,75,76,80)(H4,77,78,81)/t36-,37-,38-,41-,42-,43-,44-,45-,46-,47-,48-,49-,54-,55-/m0/s1. The van der Waals surface area contributed by atoms with E-state index < -0.39 is 224 Å². The van der Waals surface area contributed by atoms with Gasteiger partial charge in [0, 0.05) is 43.6 Å². The fourth-order valence-corrected chi connectivity index (χ4v) is 11.8. The molecule has 1 saturated carbocycles. The van der Waals surface area contributed by atoms with Crippen LogP contribution in [0.15, 0.2) is 45.3 Å². The first-order chi connectivity index (χ1) is 55.8. The SMILES string of the molecule is CC[C@H](C)[C@H](NC(=O)[C@H](CCCN=C(N)N)NC(=O)[C@H](CC(=O)O)NC(=O)[C@@H](NC(=O)[C@H](CCCN=C(N)N)NC(=O)CNC(=O)CNC(=O)[C@H](Cc1ccccc1)NC(=O)CNC(=O)[C@H](CS)NC(=O)[C@H](CO)NC(=O)[C@@H](N)CO)[C@@H](C)CC)C(=O)N[C@@H](CS)C(=O)N[C@@H](C)C(=O)N[C@@H](CCCN=C(N)N)C(=O)C(=O)NC1CCCCC1. The van der Waals surface area contributed by atoms with Crippen molar-refractivity contribution in [2.45, 2.75) is 209 Å². The van der Waals surface area contributed by atoms with Crippen LogP contribution in [0, 0.1) is 11.8 Å². The fourth-order valence-electron chi connectivity index (χ4n) is 11.3. The van der Waals surface area contributed by atoms with Gasteiger partial charge >= 0.3 is 5.97 Å². The van der Waals surface area contributed by atoms with Crippen molar-refractivity contribution in [3.63, 3.8) is 0 Å². The summed E-state index contributed by atoms with van der Waals surface area (Å²) in [6.45, 7) is 3.52. The van der Waals surface area contributed by atoms with E-state index in [9.17, 15) is 91.7 Å². The number of hydrogen-bond acceptors (Lipinski definition) is 25. The summed E-state index contributed by atoms with van der Waals surface area (Å²) in [5.74, 6) is -20.4. The molecule has 1 aliphatic carbocycles. The molecule has 0 bridgehead atoms. The van der Waals surface area contributed by atoms with Crippen LogP contribution in [0.4, 0.5) is 0 Å². The molecule has 1 aromatic rings. The Morgan fingerprint density at radius 2 is 0.839 bits per heavy atom. The zero-order chi connectivity index (χ0) is 88.7. The van der Waals surface area contributed by atoms with Gasteiger partial charge in [0.2, 0.25) is 88.5 Å². The lowest BCUT2D eigenvalue weighted by atomic mass is 9.95. The summed E-state index contributed by atoms with van der Waals surface area (Å²) in [7, 11) is 0. The smallest absolute Gasteiger partial charge is 0.305 e. The lowest BCUT2D eigenvalue weighted by Gasteiger charge is -2.30. The highest BCUT2D eigenvalue weighted by Crippen LogP contribution is 2.19. The molecule has 32 N–H and O–H groups in total. The minimum Gasteiger partial charge on any atom is -0.481 e. The zero-order valence-corrected chi connectivity index (χ0v) is 68.6. The topological polar surface area (TPSA) is 751 Å². The number of carboxylic acids is 1. The van der Waals surface area contributed by atoms with Gasteiger partial charge in [-0.05, 0) is 75.7 Å². The van der Waals surface area contributed by atoms with E-state index >= 15 is 0 Å². The molecule has 1 fully saturated rings. The summed E-state index contributed by atoms with van der Waals surface area (Å²) in [4.78, 5) is 242. The number of nitrogens with two attached hydrogens (primary N) is 7. The first kappa shape index (κ1) is 103. The van der Waals surface area contributed by atoms with Gasteiger partial charge in [0.25, 0.3) is 5.91 Å². The summed E-state index contributed by atoms with van der Waals surface area (Å²) in [6.07, 6.45) is 2.80. The Kier molecular flexibility index (Phi) is 48.3. The van der Waals surface area contributed by atoms with E-state index in [4.69, 9.17) is 45.2 Å². The highest BCUT2D eigenvalue weighted by atomic mass is 32.1. The molecular weight excluding hydrogens is 1590 g/mol. The normalized spacial score (nSPS) is 15.3. The number of benzene rings is 1. The van der Waals surface area contributed by atoms with Crippen molar-refractivity contribution in [1.82, 2.24) is 79.8 Å². The van der Waals surface area contributed by atoms with Crippen molar-refractivity contribution in [3.8, 4) is 0 Å². The molecule has 15 amide bonds. The highest BCUT2D eigenvalue weighted by molar-refractivity contribution is 7.80. The third-order valence-electron chi connectivity index (χ3n) is 18.5. The number of aliphatic carboxylic acids is 1. The summed E-state index contributed by atoms with van der Waals surface area (Å²) in [5.41, 5.74) is 39.0. The van der Waals surface area contributed by atoms with E-state index in [0.717, 1.165) is 19.3 Å². The van der Waals surface area contributed by atoms with Gasteiger partial charge in [0.15, 0.2) is 17.9 Å². The second-order valence-electron chi connectivity index (χ2n) is 27.9. The number of thiol groups is 2. The van der Waals surface area contributed by atoms with Gasteiger partial charge in [-0.2, -0.15) is 25.3 Å².